The maximum Gasteiger partial charge on any atom is 0.300 e. The quantitative estimate of drug-likeness (QED) is 0.339. The molecule has 0 unspecified atom stereocenters. The third kappa shape index (κ3) is 5.09. The van der Waals surface area contributed by atoms with Gasteiger partial charge in [0, 0.05) is 42.4 Å². The van der Waals surface area contributed by atoms with E-state index in [1.165, 1.54) is 28.9 Å². The molecule has 2 aliphatic rings. The molecule has 0 spiro atoms. The van der Waals surface area contributed by atoms with E-state index in [-0.39, 0.29) is 23.6 Å². The van der Waals surface area contributed by atoms with E-state index in [1.54, 1.807) is 6.07 Å². The summed E-state index contributed by atoms with van der Waals surface area (Å²) in [6.07, 6.45) is 4.97. The van der Waals surface area contributed by atoms with Crippen LogP contribution in [0.25, 0.3) is 10.9 Å². The van der Waals surface area contributed by atoms with E-state index in [1.807, 2.05) is 19.9 Å². The highest BCUT2D eigenvalue weighted by molar-refractivity contribution is 5.96. The smallest absolute Gasteiger partial charge is 0.300 e. The number of piperidine rings is 1. The largest absolute Gasteiger partial charge is 0.396 e. The van der Waals surface area contributed by atoms with Crippen molar-refractivity contribution < 1.29 is 19.0 Å². The Kier molecular flexibility index (Phi) is 7.08. The number of aliphatic hydroxyl groups is 2. The molecule has 2 aromatic carbocycles. The first-order valence-corrected chi connectivity index (χ1v) is 14.0. The molecule has 1 aliphatic heterocycles. The molecule has 6 nitrogen and oxygen atoms in total. The molecule has 3 N–H and O–H groups in total. The lowest BCUT2D eigenvalue weighted by Crippen LogP contribution is -2.40. The highest BCUT2D eigenvalue weighted by Gasteiger charge is 2.47. The van der Waals surface area contributed by atoms with Crippen LogP contribution in [0.5, 0.6) is 0 Å². The Balaban J connectivity index is 1.52. The Morgan fingerprint density at radius 3 is 2.46 bits per heavy atom. The number of nitrogens with zero attached hydrogens (tertiary/aromatic N) is 3. The fourth-order valence-electron chi connectivity index (χ4n) is 5.94. The zero-order valence-corrected chi connectivity index (χ0v) is 23.6. The molecule has 210 valence electrons. The van der Waals surface area contributed by atoms with E-state index in [4.69, 9.17) is 9.97 Å². The molecule has 8 heteroatoms. The van der Waals surface area contributed by atoms with E-state index in [0.29, 0.717) is 17.2 Å². The molecular formula is C31H40F2N4O2. The number of anilines is 2. The first kappa shape index (κ1) is 27.7. The van der Waals surface area contributed by atoms with Crippen LogP contribution in [0.4, 0.5) is 20.3 Å². The Labute approximate surface area is 229 Å². The van der Waals surface area contributed by atoms with Gasteiger partial charge >= 0.3 is 5.92 Å². The minimum atomic E-state index is -3.39. The summed E-state index contributed by atoms with van der Waals surface area (Å²) in [5.74, 6) is -2.03. The van der Waals surface area contributed by atoms with Crippen LogP contribution in [-0.2, 0) is 18.8 Å². The number of aliphatic hydroxyl groups excluding tert-OH is 1. The van der Waals surface area contributed by atoms with Crippen molar-refractivity contribution in [3.8, 4) is 0 Å². The van der Waals surface area contributed by atoms with Gasteiger partial charge in [-0.05, 0) is 94.0 Å². The number of aromatic nitrogens is 2. The van der Waals surface area contributed by atoms with Crippen molar-refractivity contribution in [1.82, 2.24) is 9.97 Å². The predicted octanol–water partition coefficient (Wildman–Crippen LogP) is 6.06. The summed E-state index contributed by atoms with van der Waals surface area (Å²) in [6.45, 7) is 10.2. The van der Waals surface area contributed by atoms with Crippen molar-refractivity contribution >= 4 is 22.4 Å². The topological polar surface area (TPSA) is 81.5 Å². The Morgan fingerprint density at radius 1 is 1.10 bits per heavy atom. The maximum atomic E-state index is 14.9. The first-order valence-electron chi connectivity index (χ1n) is 14.0. The molecule has 1 fully saturated rings. The summed E-state index contributed by atoms with van der Waals surface area (Å²) < 4.78 is 29.8. The Bertz CT molecular complexity index is 1380. The summed E-state index contributed by atoms with van der Waals surface area (Å²) in [6, 6.07) is 8.13. The summed E-state index contributed by atoms with van der Waals surface area (Å²) in [7, 11) is 0. The summed E-state index contributed by atoms with van der Waals surface area (Å²) in [5.41, 5.74) is 3.10. The van der Waals surface area contributed by atoms with Gasteiger partial charge in [-0.25, -0.2) is 9.97 Å². The van der Waals surface area contributed by atoms with Gasteiger partial charge in [0.05, 0.1) is 5.52 Å². The van der Waals surface area contributed by atoms with Crippen LogP contribution in [0, 0.1) is 12.3 Å². The highest BCUT2D eigenvalue weighted by atomic mass is 19.3. The van der Waals surface area contributed by atoms with Gasteiger partial charge in [-0.1, -0.05) is 25.1 Å². The zero-order valence-electron chi connectivity index (χ0n) is 23.6. The number of nitrogens with one attached hydrogen (secondary N) is 1. The van der Waals surface area contributed by atoms with Gasteiger partial charge in [0.2, 0.25) is 0 Å². The third-order valence-electron chi connectivity index (χ3n) is 8.72. The van der Waals surface area contributed by atoms with E-state index in [0.717, 1.165) is 69.9 Å². The number of halogens is 2. The number of hydrogen-bond donors (Lipinski definition) is 3. The number of benzene rings is 2. The molecule has 39 heavy (non-hydrogen) atoms. The van der Waals surface area contributed by atoms with Crippen molar-refractivity contribution in [1.29, 1.82) is 0 Å². The molecule has 1 saturated heterocycles. The van der Waals surface area contributed by atoms with Crippen LogP contribution in [0.2, 0.25) is 0 Å². The number of rotatable bonds is 7. The van der Waals surface area contributed by atoms with Crippen LogP contribution >= 0.6 is 0 Å². The third-order valence-corrected chi connectivity index (χ3v) is 8.72. The average Bonchev–Trinajstić information content (AvgIpc) is 3.39. The SMILES string of the molecule is Cc1nc(N[C@H](C)c2cccc(C(F)(F)C(C)(C)O)c2)c2cc(N3CCC(C)(CO)CC3)c3c(c2n1)CCC3. The van der Waals surface area contributed by atoms with Crippen LogP contribution < -0.4 is 10.2 Å². The van der Waals surface area contributed by atoms with Gasteiger partial charge < -0.3 is 20.4 Å². The van der Waals surface area contributed by atoms with Crippen molar-refractivity contribution in [2.45, 2.75) is 84.3 Å². The molecule has 1 aliphatic carbocycles. The van der Waals surface area contributed by atoms with E-state index in [9.17, 15) is 19.0 Å². The summed E-state index contributed by atoms with van der Waals surface area (Å²) in [5, 5.41) is 24.3. The minimum absolute atomic E-state index is 0.0323. The van der Waals surface area contributed by atoms with Gasteiger partial charge in [0.1, 0.15) is 17.2 Å². The van der Waals surface area contributed by atoms with Gasteiger partial charge in [-0.3, -0.25) is 0 Å². The van der Waals surface area contributed by atoms with E-state index in [2.05, 4.69) is 23.2 Å². The molecular weight excluding hydrogens is 498 g/mol. The van der Waals surface area contributed by atoms with Crippen molar-refractivity contribution in [2.75, 3.05) is 29.9 Å². The lowest BCUT2D eigenvalue weighted by atomic mass is 9.81. The van der Waals surface area contributed by atoms with Crippen LogP contribution in [0.1, 0.15) is 81.1 Å². The Hall–Kier alpha value is -2.84. The number of fused-ring (bicyclic) bond motifs is 3. The number of hydrogen-bond acceptors (Lipinski definition) is 6. The highest BCUT2D eigenvalue weighted by Crippen LogP contribution is 2.43. The lowest BCUT2D eigenvalue weighted by Gasteiger charge is -2.40. The van der Waals surface area contributed by atoms with Crippen LogP contribution in [0.15, 0.2) is 30.3 Å². The van der Waals surface area contributed by atoms with Crippen molar-refractivity contribution in [2.24, 2.45) is 5.41 Å². The van der Waals surface area contributed by atoms with Crippen molar-refractivity contribution in [3.63, 3.8) is 0 Å². The van der Waals surface area contributed by atoms with Gasteiger partial charge in [-0.15, -0.1) is 0 Å². The zero-order chi connectivity index (χ0) is 28.2. The molecule has 0 bridgehead atoms. The minimum Gasteiger partial charge on any atom is -0.396 e. The van der Waals surface area contributed by atoms with Crippen molar-refractivity contribution in [3.05, 3.63) is 58.4 Å². The number of alkyl halides is 2. The lowest BCUT2D eigenvalue weighted by molar-refractivity contribution is -0.168. The predicted molar refractivity (Wildman–Crippen MR) is 152 cm³/mol. The molecule has 0 amide bonds. The van der Waals surface area contributed by atoms with Crippen LogP contribution in [-0.4, -0.2) is 45.5 Å². The molecule has 0 radical (unpaired) electrons. The second kappa shape index (κ2) is 9.97. The molecule has 5 rings (SSSR count). The van der Waals surface area contributed by atoms with Gasteiger partial charge in [-0.2, -0.15) is 8.78 Å². The second-order valence-corrected chi connectivity index (χ2v) is 12.3. The van der Waals surface area contributed by atoms with Gasteiger partial charge in [0.15, 0.2) is 0 Å². The summed E-state index contributed by atoms with van der Waals surface area (Å²) >= 11 is 0. The average molecular weight is 539 g/mol. The normalized spacial score (nSPS) is 18.3. The molecule has 1 aromatic heterocycles. The Morgan fingerprint density at radius 2 is 1.79 bits per heavy atom. The van der Waals surface area contributed by atoms with E-state index < -0.39 is 11.5 Å². The fourth-order valence-corrected chi connectivity index (χ4v) is 5.94. The van der Waals surface area contributed by atoms with E-state index >= 15 is 0 Å². The monoisotopic (exact) mass is 538 g/mol. The first-order chi connectivity index (χ1) is 18.3. The molecule has 0 saturated carbocycles. The second-order valence-electron chi connectivity index (χ2n) is 12.3. The fraction of sp³-hybridized carbons (Fsp3) is 0.548. The molecule has 1 atom stereocenters. The number of aryl methyl sites for hydroxylation is 2. The van der Waals surface area contributed by atoms with Gasteiger partial charge in [0.25, 0.3) is 0 Å². The maximum absolute atomic E-state index is 14.9. The molecule has 2 heterocycles. The van der Waals surface area contributed by atoms with Crippen LogP contribution in [0.3, 0.4) is 0 Å². The standard InChI is InChI=1S/C31H40F2N4O2/c1-19(21-8-6-9-22(16-21)31(32,33)29(3,4)39)34-28-25-17-26(37-14-12-30(5,18-38)13-15-37)23-10-7-11-24(23)27(25)35-20(2)36-28/h6,8-9,16-17,19,38-39H,7,10-15,18H2,1-5H3,(H,34,35,36)/t19-/m1/s1. The summed E-state index contributed by atoms with van der Waals surface area (Å²) in [4.78, 5) is 12.1. The molecule has 3 aromatic rings.